The predicted octanol–water partition coefficient (Wildman–Crippen LogP) is -1.48. The first-order chi connectivity index (χ1) is 8.17. The molecule has 1 rings (SSSR count). The van der Waals surface area contributed by atoms with Crippen molar-refractivity contribution in [3.05, 3.63) is 0 Å². The highest BCUT2D eigenvalue weighted by Gasteiger charge is 2.26. The lowest BCUT2D eigenvalue weighted by Crippen LogP contribution is -2.46. The summed E-state index contributed by atoms with van der Waals surface area (Å²) in [4.78, 5) is 25.0. The van der Waals surface area contributed by atoms with Crippen LogP contribution in [0, 0.1) is 5.92 Å². The number of carbonyl (C=O) groups excluding carboxylic acids is 2. The van der Waals surface area contributed by atoms with E-state index in [1.807, 2.05) is 4.90 Å². The lowest BCUT2D eigenvalue weighted by Gasteiger charge is -2.31. The Labute approximate surface area is 102 Å². The molecular formula is C11H22N4O2. The van der Waals surface area contributed by atoms with Gasteiger partial charge in [0, 0.05) is 26.7 Å². The summed E-state index contributed by atoms with van der Waals surface area (Å²) in [5, 5.41) is 5.39. The Bertz CT molecular complexity index is 270. The number of nitrogens with two attached hydrogens (primary N) is 1. The van der Waals surface area contributed by atoms with E-state index in [9.17, 15) is 9.59 Å². The summed E-state index contributed by atoms with van der Waals surface area (Å²) in [6.07, 6.45) is 1.85. The van der Waals surface area contributed by atoms with Crippen LogP contribution in [0.5, 0.6) is 0 Å². The number of amides is 2. The summed E-state index contributed by atoms with van der Waals surface area (Å²) < 4.78 is 0. The molecule has 0 aromatic heterocycles. The molecule has 1 saturated heterocycles. The van der Waals surface area contributed by atoms with Crippen LogP contribution in [0.4, 0.5) is 0 Å². The summed E-state index contributed by atoms with van der Waals surface area (Å²) >= 11 is 0. The van der Waals surface area contributed by atoms with Crippen molar-refractivity contribution in [3.63, 3.8) is 0 Å². The molecule has 0 bridgehead atoms. The standard InChI is InChI=1S/C11H22N4O2/c1-13-10(16)8-15-6-2-3-9(7-15)11(17)14-5-4-12/h9H,2-8,12H2,1H3,(H,13,16)(H,14,17). The molecule has 0 spiro atoms. The third-order valence-electron chi connectivity index (χ3n) is 2.97. The lowest BCUT2D eigenvalue weighted by atomic mass is 9.97. The first kappa shape index (κ1) is 13.9. The number of piperidine rings is 1. The summed E-state index contributed by atoms with van der Waals surface area (Å²) in [6, 6.07) is 0. The fourth-order valence-corrected chi connectivity index (χ4v) is 2.04. The fraction of sp³-hybridized carbons (Fsp3) is 0.818. The Balaban J connectivity index is 2.37. The van der Waals surface area contributed by atoms with Gasteiger partial charge in [0.2, 0.25) is 11.8 Å². The van der Waals surface area contributed by atoms with Gasteiger partial charge < -0.3 is 16.4 Å². The van der Waals surface area contributed by atoms with Crippen LogP contribution in [0.25, 0.3) is 0 Å². The molecule has 4 N–H and O–H groups in total. The van der Waals surface area contributed by atoms with Gasteiger partial charge in [-0.1, -0.05) is 0 Å². The molecule has 1 heterocycles. The van der Waals surface area contributed by atoms with E-state index in [1.54, 1.807) is 7.05 Å². The van der Waals surface area contributed by atoms with Crippen LogP contribution in [0.1, 0.15) is 12.8 Å². The molecule has 1 unspecified atom stereocenters. The predicted molar refractivity (Wildman–Crippen MR) is 65.3 cm³/mol. The Hall–Kier alpha value is -1.14. The molecule has 1 fully saturated rings. The maximum absolute atomic E-state index is 11.8. The molecule has 0 radical (unpaired) electrons. The number of nitrogens with one attached hydrogen (secondary N) is 2. The zero-order valence-electron chi connectivity index (χ0n) is 10.4. The molecule has 6 heteroatoms. The normalized spacial score (nSPS) is 20.9. The Morgan fingerprint density at radius 3 is 2.88 bits per heavy atom. The van der Waals surface area contributed by atoms with Crippen molar-refractivity contribution < 1.29 is 9.59 Å². The average Bonchev–Trinajstić information content (AvgIpc) is 2.36. The lowest BCUT2D eigenvalue weighted by molar-refractivity contribution is -0.128. The monoisotopic (exact) mass is 242 g/mol. The van der Waals surface area contributed by atoms with Crippen molar-refractivity contribution >= 4 is 11.8 Å². The van der Waals surface area contributed by atoms with Gasteiger partial charge in [-0.15, -0.1) is 0 Å². The molecule has 98 valence electrons. The van der Waals surface area contributed by atoms with Crippen LogP contribution in [0.15, 0.2) is 0 Å². The maximum Gasteiger partial charge on any atom is 0.233 e. The molecule has 6 nitrogen and oxygen atoms in total. The number of likely N-dealkylation sites (N-methyl/N-ethyl adjacent to an activating group) is 1. The van der Waals surface area contributed by atoms with Gasteiger partial charge in [0.25, 0.3) is 0 Å². The Kier molecular flexibility index (Phi) is 5.93. The molecule has 0 saturated carbocycles. The van der Waals surface area contributed by atoms with Gasteiger partial charge >= 0.3 is 0 Å². The van der Waals surface area contributed by atoms with Crippen molar-refractivity contribution in [3.8, 4) is 0 Å². The van der Waals surface area contributed by atoms with Crippen LogP contribution >= 0.6 is 0 Å². The van der Waals surface area contributed by atoms with Gasteiger partial charge in [0.05, 0.1) is 12.5 Å². The molecule has 0 aliphatic carbocycles. The molecule has 0 aromatic rings. The molecule has 2 amide bonds. The molecule has 0 aromatic carbocycles. The van der Waals surface area contributed by atoms with Gasteiger partial charge in [-0.05, 0) is 19.4 Å². The van der Waals surface area contributed by atoms with Gasteiger partial charge in [0.1, 0.15) is 0 Å². The summed E-state index contributed by atoms with van der Waals surface area (Å²) in [5.41, 5.74) is 5.34. The van der Waals surface area contributed by atoms with Gasteiger partial charge in [-0.3, -0.25) is 14.5 Å². The minimum Gasteiger partial charge on any atom is -0.358 e. The SMILES string of the molecule is CNC(=O)CN1CCCC(C(=O)NCCN)C1. The summed E-state index contributed by atoms with van der Waals surface area (Å²) in [6.45, 7) is 2.89. The highest BCUT2D eigenvalue weighted by atomic mass is 16.2. The number of rotatable bonds is 5. The number of carbonyl (C=O) groups is 2. The van der Waals surface area contributed by atoms with Crippen LogP contribution in [0.3, 0.4) is 0 Å². The number of nitrogens with zero attached hydrogens (tertiary/aromatic N) is 1. The van der Waals surface area contributed by atoms with E-state index in [0.29, 0.717) is 26.2 Å². The Morgan fingerprint density at radius 2 is 2.24 bits per heavy atom. The molecule has 1 atom stereocenters. The molecular weight excluding hydrogens is 220 g/mol. The highest BCUT2D eigenvalue weighted by Crippen LogP contribution is 2.16. The molecule has 17 heavy (non-hydrogen) atoms. The fourth-order valence-electron chi connectivity index (χ4n) is 2.04. The van der Waals surface area contributed by atoms with Gasteiger partial charge in [-0.2, -0.15) is 0 Å². The van der Waals surface area contributed by atoms with E-state index in [2.05, 4.69) is 10.6 Å². The van der Waals surface area contributed by atoms with Crippen molar-refractivity contribution in [2.45, 2.75) is 12.8 Å². The zero-order valence-corrected chi connectivity index (χ0v) is 10.4. The smallest absolute Gasteiger partial charge is 0.233 e. The third kappa shape index (κ3) is 4.70. The first-order valence-electron chi connectivity index (χ1n) is 6.08. The van der Waals surface area contributed by atoms with E-state index >= 15 is 0 Å². The van der Waals surface area contributed by atoms with E-state index < -0.39 is 0 Å². The quantitative estimate of drug-likeness (QED) is 0.548. The number of hydrogen-bond donors (Lipinski definition) is 3. The van der Waals surface area contributed by atoms with E-state index in [-0.39, 0.29) is 17.7 Å². The highest BCUT2D eigenvalue weighted by molar-refractivity contribution is 5.79. The minimum absolute atomic E-state index is 0.00647. The second-order valence-electron chi connectivity index (χ2n) is 4.33. The van der Waals surface area contributed by atoms with Crippen LogP contribution in [-0.2, 0) is 9.59 Å². The minimum atomic E-state index is -0.0139. The van der Waals surface area contributed by atoms with Crippen molar-refractivity contribution in [1.82, 2.24) is 15.5 Å². The van der Waals surface area contributed by atoms with Crippen LogP contribution < -0.4 is 16.4 Å². The Morgan fingerprint density at radius 1 is 1.47 bits per heavy atom. The topological polar surface area (TPSA) is 87.5 Å². The maximum atomic E-state index is 11.8. The number of hydrogen-bond acceptors (Lipinski definition) is 4. The van der Waals surface area contributed by atoms with Crippen molar-refractivity contribution in [2.75, 3.05) is 39.8 Å². The third-order valence-corrected chi connectivity index (χ3v) is 2.97. The van der Waals surface area contributed by atoms with E-state index in [1.165, 1.54) is 0 Å². The van der Waals surface area contributed by atoms with Gasteiger partial charge in [-0.25, -0.2) is 0 Å². The first-order valence-corrected chi connectivity index (χ1v) is 6.08. The number of likely N-dealkylation sites (tertiary alicyclic amines) is 1. The molecule has 1 aliphatic heterocycles. The molecule has 1 aliphatic rings. The summed E-state index contributed by atoms with van der Waals surface area (Å²) in [7, 11) is 1.62. The zero-order chi connectivity index (χ0) is 12.7. The second kappa shape index (κ2) is 7.24. The largest absolute Gasteiger partial charge is 0.358 e. The summed E-state index contributed by atoms with van der Waals surface area (Å²) in [5.74, 6) is 0.0324. The van der Waals surface area contributed by atoms with Crippen molar-refractivity contribution in [2.24, 2.45) is 11.7 Å². The van der Waals surface area contributed by atoms with Gasteiger partial charge in [0.15, 0.2) is 0 Å². The van der Waals surface area contributed by atoms with Crippen molar-refractivity contribution in [1.29, 1.82) is 0 Å². The second-order valence-corrected chi connectivity index (χ2v) is 4.33. The van der Waals surface area contributed by atoms with Crippen LogP contribution in [-0.4, -0.2) is 56.5 Å². The van der Waals surface area contributed by atoms with Crippen LogP contribution in [0.2, 0.25) is 0 Å². The average molecular weight is 242 g/mol. The van der Waals surface area contributed by atoms with E-state index in [4.69, 9.17) is 5.73 Å². The van der Waals surface area contributed by atoms with E-state index in [0.717, 1.165) is 19.4 Å².